The summed E-state index contributed by atoms with van der Waals surface area (Å²) in [4.78, 5) is 33.7. The van der Waals surface area contributed by atoms with Crippen molar-refractivity contribution in [1.82, 2.24) is 25.0 Å². The average Bonchev–Trinajstić information content (AvgIpc) is 3.24. The summed E-state index contributed by atoms with van der Waals surface area (Å²) in [5.74, 6) is -0.0360. The number of pyridine rings is 2. The van der Waals surface area contributed by atoms with Gasteiger partial charge in [-0.15, -0.1) is 5.10 Å². The number of aryl methyl sites for hydroxylation is 1. The number of halogens is 1. The number of nitrogens with zero attached hydrogens (tertiary/aromatic N) is 6. The number of hydrogen-bond donors (Lipinski definition) is 2. The molecule has 3 heterocycles. The van der Waals surface area contributed by atoms with Gasteiger partial charge in [-0.3, -0.25) is 15.1 Å². The fourth-order valence-electron chi connectivity index (χ4n) is 4.13. The van der Waals surface area contributed by atoms with Crippen molar-refractivity contribution in [2.24, 2.45) is 12.5 Å². The van der Waals surface area contributed by atoms with Crippen molar-refractivity contribution >= 4 is 35.1 Å². The molecule has 1 fully saturated rings. The van der Waals surface area contributed by atoms with Crippen LogP contribution in [0, 0.1) is 16.7 Å². The Morgan fingerprint density at radius 3 is 2.64 bits per heavy atom. The van der Waals surface area contributed by atoms with Gasteiger partial charge in [0.1, 0.15) is 16.7 Å². The standard InChI is InChI=1S/C24H25ClN8O3/c1-15(17-7-6-12-27-20(17)25)36-23(35)30-21-19(31-32-33(21)2)18-9-8-16(13-28-18)29-22(34)24(14-26)10-4-3-5-11-24/h6-9,12-13,15H,3-5,10-11H2,1-2H3,(H,29,34)(H,30,35)/t15-/m1/s1. The van der Waals surface area contributed by atoms with Gasteiger partial charge in [0.05, 0.1) is 23.6 Å². The molecule has 1 saturated carbocycles. The molecule has 4 rings (SSSR count). The van der Waals surface area contributed by atoms with Gasteiger partial charge in [0.15, 0.2) is 11.5 Å². The van der Waals surface area contributed by atoms with Crippen LogP contribution in [0.5, 0.6) is 0 Å². The van der Waals surface area contributed by atoms with Crippen molar-refractivity contribution in [2.45, 2.75) is 45.1 Å². The zero-order valence-corrected chi connectivity index (χ0v) is 20.6. The highest BCUT2D eigenvalue weighted by Crippen LogP contribution is 2.37. The smallest absolute Gasteiger partial charge is 0.413 e. The molecule has 0 unspecified atom stereocenters. The third-order valence-electron chi connectivity index (χ3n) is 6.18. The van der Waals surface area contributed by atoms with Crippen LogP contribution >= 0.6 is 11.6 Å². The second-order valence-electron chi connectivity index (χ2n) is 8.61. The van der Waals surface area contributed by atoms with E-state index in [1.807, 2.05) is 0 Å². The van der Waals surface area contributed by atoms with Gasteiger partial charge in [0.25, 0.3) is 0 Å². The van der Waals surface area contributed by atoms with Crippen LogP contribution in [-0.4, -0.2) is 37.0 Å². The van der Waals surface area contributed by atoms with Crippen LogP contribution in [0.25, 0.3) is 11.4 Å². The van der Waals surface area contributed by atoms with Crippen LogP contribution in [0.3, 0.4) is 0 Å². The van der Waals surface area contributed by atoms with E-state index < -0.39 is 17.6 Å². The zero-order chi connectivity index (χ0) is 25.7. The minimum atomic E-state index is -1.00. The first-order valence-corrected chi connectivity index (χ1v) is 11.9. The predicted molar refractivity (Wildman–Crippen MR) is 132 cm³/mol. The molecule has 0 saturated heterocycles. The molecular weight excluding hydrogens is 484 g/mol. The van der Waals surface area contributed by atoms with Crippen LogP contribution in [-0.2, 0) is 16.6 Å². The number of aromatic nitrogens is 5. The average molecular weight is 509 g/mol. The molecule has 36 heavy (non-hydrogen) atoms. The lowest BCUT2D eigenvalue weighted by molar-refractivity contribution is -0.124. The van der Waals surface area contributed by atoms with Gasteiger partial charge in [0, 0.05) is 18.8 Å². The summed E-state index contributed by atoms with van der Waals surface area (Å²) in [6.07, 6.45) is 5.51. The van der Waals surface area contributed by atoms with Gasteiger partial charge in [-0.05, 0) is 38.0 Å². The third-order valence-corrected chi connectivity index (χ3v) is 6.49. The second kappa shape index (κ2) is 10.7. The van der Waals surface area contributed by atoms with Gasteiger partial charge in [-0.1, -0.05) is 42.1 Å². The van der Waals surface area contributed by atoms with E-state index >= 15 is 0 Å². The Morgan fingerprint density at radius 1 is 1.19 bits per heavy atom. The van der Waals surface area contributed by atoms with E-state index in [1.54, 1.807) is 44.4 Å². The molecule has 0 bridgehead atoms. The highest BCUT2D eigenvalue weighted by molar-refractivity contribution is 6.30. The van der Waals surface area contributed by atoms with Crippen LogP contribution in [0.4, 0.5) is 16.3 Å². The highest BCUT2D eigenvalue weighted by atomic mass is 35.5. The van der Waals surface area contributed by atoms with E-state index in [1.165, 1.54) is 10.9 Å². The van der Waals surface area contributed by atoms with Gasteiger partial charge in [-0.25, -0.2) is 14.5 Å². The van der Waals surface area contributed by atoms with Crippen molar-refractivity contribution in [3.63, 3.8) is 0 Å². The molecule has 0 aliphatic heterocycles. The quantitative estimate of drug-likeness (QED) is 0.457. The first kappa shape index (κ1) is 25.1. The molecule has 0 radical (unpaired) electrons. The Hall–Kier alpha value is -4.04. The van der Waals surface area contributed by atoms with Gasteiger partial charge in [-0.2, -0.15) is 5.26 Å². The van der Waals surface area contributed by atoms with Crippen LogP contribution in [0.2, 0.25) is 5.15 Å². The number of carbonyl (C=O) groups is 2. The van der Waals surface area contributed by atoms with Crippen LogP contribution in [0.15, 0.2) is 36.7 Å². The summed E-state index contributed by atoms with van der Waals surface area (Å²) in [5.41, 5.74) is 0.774. The Kier molecular flexibility index (Phi) is 7.45. The molecule has 1 aliphatic rings. The number of hydrogen-bond acceptors (Lipinski definition) is 8. The number of amides is 2. The number of anilines is 2. The fourth-order valence-corrected chi connectivity index (χ4v) is 4.40. The maximum atomic E-state index is 12.8. The lowest BCUT2D eigenvalue weighted by atomic mass is 9.74. The van der Waals surface area contributed by atoms with Gasteiger partial charge >= 0.3 is 6.09 Å². The van der Waals surface area contributed by atoms with Gasteiger partial charge < -0.3 is 10.1 Å². The summed E-state index contributed by atoms with van der Waals surface area (Å²) in [5, 5.41) is 23.4. The van der Waals surface area contributed by atoms with E-state index in [0.29, 0.717) is 35.5 Å². The van der Waals surface area contributed by atoms with Crippen molar-refractivity contribution in [3.8, 4) is 17.5 Å². The van der Waals surface area contributed by atoms with Crippen LogP contribution in [0.1, 0.15) is 50.7 Å². The third kappa shape index (κ3) is 5.28. The monoisotopic (exact) mass is 508 g/mol. The van der Waals surface area contributed by atoms with E-state index in [0.717, 1.165) is 19.3 Å². The highest BCUT2D eigenvalue weighted by Gasteiger charge is 2.39. The Bertz CT molecular complexity index is 1300. The summed E-state index contributed by atoms with van der Waals surface area (Å²) >= 11 is 6.08. The normalized spacial score (nSPS) is 15.4. The maximum Gasteiger partial charge on any atom is 0.413 e. The summed E-state index contributed by atoms with van der Waals surface area (Å²) in [6, 6.07) is 8.95. The molecule has 2 N–H and O–H groups in total. The molecule has 2 amide bonds. The number of carbonyl (C=O) groups excluding carboxylic acids is 2. The molecule has 11 nitrogen and oxygen atoms in total. The summed E-state index contributed by atoms with van der Waals surface area (Å²) in [7, 11) is 1.62. The Labute approximate surface area is 212 Å². The lowest BCUT2D eigenvalue weighted by Crippen LogP contribution is -2.36. The maximum absolute atomic E-state index is 12.8. The zero-order valence-electron chi connectivity index (χ0n) is 19.9. The molecule has 186 valence electrons. The van der Waals surface area contributed by atoms with Crippen LogP contribution < -0.4 is 10.6 Å². The molecule has 3 aromatic rings. The minimum absolute atomic E-state index is 0.251. The first-order chi connectivity index (χ1) is 17.3. The fraction of sp³-hybridized carbons (Fsp3) is 0.375. The predicted octanol–water partition coefficient (Wildman–Crippen LogP) is 4.65. The van der Waals surface area contributed by atoms with Crippen molar-refractivity contribution in [3.05, 3.63) is 47.4 Å². The van der Waals surface area contributed by atoms with Gasteiger partial charge in [0.2, 0.25) is 5.91 Å². The summed E-state index contributed by atoms with van der Waals surface area (Å²) in [6.45, 7) is 1.68. The number of rotatable bonds is 6. The number of nitrogens with one attached hydrogen (secondary N) is 2. The second-order valence-corrected chi connectivity index (χ2v) is 8.97. The largest absolute Gasteiger partial charge is 0.441 e. The SMILES string of the molecule is C[C@@H](OC(=O)Nc1c(-c2ccc(NC(=O)C3(C#N)CCCCC3)cn2)nnn1C)c1cccnc1Cl. The molecule has 0 spiro atoms. The van der Waals surface area contributed by atoms with Crippen molar-refractivity contribution in [1.29, 1.82) is 5.26 Å². The topological polar surface area (TPSA) is 148 Å². The van der Waals surface area contributed by atoms with E-state index in [4.69, 9.17) is 16.3 Å². The molecule has 3 aromatic heterocycles. The minimum Gasteiger partial charge on any atom is -0.441 e. The van der Waals surface area contributed by atoms with Crippen molar-refractivity contribution in [2.75, 3.05) is 10.6 Å². The molecule has 1 atom stereocenters. The molecular formula is C24H25ClN8O3. The van der Waals surface area contributed by atoms with E-state index in [9.17, 15) is 14.9 Å². The number of ether oxygens (including phenoxy) is 1. The Balaban J connectivity index is 1.45. The number of nitriles is 1. The van der Waals surface area contributed by atoms with Crippen molar-refractivity contribution < 1.29 is 14.3 Å². The molecule has 0 aromatic carbocycles. The first-order valence-electron chi connectivity index (χ1n) is 11.5. The van der Waals surface area contributed by atoms with E-state index in [-0.39, 0.29) is 16.9 Å². The van der Waals surface area contributed by atoms with E-state index in [2.05, 4.69) is 37.0 Å². The molecule has 1 aliphatic carbocycles. The molecule has 12 heteroatoms. The Morgan fingerprint density at radius 2 is 1.97 bits per heavy atom. The lowest BCUT2D eigenvalue weighted by Gasteiger charge is -2.29. The summed E-state index contributed by atoms with van der Waals surface area (Å²) < 4.78 is 6.82.